The van der Waals surface area contributed by atoms with Gasteiger partial charge in [0.15, 0.2) is 6.35 Å². The number of benzene rings is 3. The van der Waals surface area contributed by atoms with E-state index in [1.54, 1.807) is 14.7 Å². The first-order valence-corrected chi connectivity index (χ1v) is 12.9. The van der Waals surface area contributed by atoms with Crippen molar-refractivity contribution in [3.05, 3.63) is 96.6 Å². The molecule has 1 amide bonds. The number of likely N-dealkylation sites (tertiary alicyclic amines) is 1. The Kier molecular flexibility index (Phi) is 7.26. The SMILES string of the molecule is CC(CC(=O)N1[C@H]2CC[C@@H]1[C@@H](C(=O)O)N(C(O)N(c1ccccc1)c1ccccc1)C2)c1ccccc1. The van der Waals surface area contributed by atoms with Crippen molar-refractivity contribution in [2.75, 3.05) is 11.4 Å². The lowest BCUT2D eigenvalue weighted by Crippen LogP contribution is -2.67. The second-order valence-electron chi connectivity index (χ2n) is 9.98. The van der Waals surface area contributed by atoms with Gasteiger partial charge in [0.25, 0.3) is 0 Å². The molecule has 5 atom stereocenters. The number of rotatable bonds is 8. The Labute approximate surface area is 217 Å². The Morgan fingerprint density at radius 3 is 1.97 bits per heavy atom. The van der Waals surface area contributed by atoms with E-state index in [2.05, 4.69) is 0 Å². The highest BCUT2D eigenvalue weighted by Crippen LogP contribution is 2.39. The molecule has 0 aromatic heterocycles. The van der Waals surface area contributed by atoms with Crippen LogP contribution in [-0.2, 0) is 9.59 Å². The lowest BCUT2D eigenvalue weighted by atomic mass is 9.95. The number of aliphatic hydroxyl groups excluding tert-OH is 1. The van der Waals surface area contributed by atoms with Crippen LogP contribution in [0.5, 0.6) is 0 Å². The van der Waals surface area contributed by atoms with Gasteiger partial charge in [-0.1, -0.05) is 73.7 Å². The molecule has 2 N–H and O–H groups in total. The van der Waals surface area contributed by atoms with Crippen LogP contribution in [0, 0.1) is 0 Å². The minimum Gasteiger partial charge on any atom is -0.480 e. The molecular formula is C30H33N3O4. The van der Waals surface area contributed by atoms with Crippen molar-refractivity contribution >= 4 is 23.3 Å². The topological polar surface area (TPSA) is 84.3 Å². The van der Waals surface area contributed by atoms with Crippen LogP contribution in [0.3, 0.4) is 0 Å². The second-order valence-corrected chi connectivity index (χ2v) is 9.98. The lowest BCUT2D eigenvalue weighted by Gasteiger charge is -2.49. The highest BCUT2D eigenvalue weighted by molar-refractivity contribution is 5.82. The predicted octanol–water partition coefficient (Wildman–Crippen LogP) is 4.42. The van der Waals surface area contributed by atoms with Crippen molar-refractivity contribution in [1.29, 1.82) is 0 Å². The number of hydrogen-bond acceptors (Lipinski definition) is 5. The quantitative estimate of drug-likeness (QED) is 0.447. The number of aliphatic hydroxyl groups is 1. The largest absolute Gasteiger partial charge is 0.480 e. The Balaban J connectivity index is 1.42. The van der Waals surface area contributed by atoms with Gasteiger partial charge in [0.05, 0.1) is 6.04 Å². The summed E-state index contributed by atoms with van der Waals surface area (Å²) < 4.78 is 0. The standard InChI is InChI=1S/C30H33N3O4/c1-21(22-11-5-2-6-12-22)19-27(34)33-25-17-18-26(33)28(29(35)36)31(20-25)30(37)32(23-13-7-3-8-14-23)24-15-9-4-10-16-24/h2-16,21,25-26,28,30,37H,17-20H2,1H3,(H,35,36)/t21?,25-,26+,28-,30?/m0/s1. The van der Waals surface area contributed by atoms with Gasteiger partial charge in [-0.25, -0.2) is 4.90 Å². The third-order valence-corrected chi connectivity index (χ3v) is 7.68. The van der Waals surface area contributed by atoms with E-state index in [-0.39, 0.29) is 24.4 Å². The van der Waals surface area contributed by atoms with Crippen molar-refractivity contribution in [2.45, 2.75) is 56.6 Å². The maximum absolute atomic E-state index is 13.5. The summed E-state index contributed by atoms with van der Waals surface area (Å²) in [5.74, 6) is -1.02. The third-order valence-electron chi connectivity index (χ3n) is 7.68. The molecule has 0 aliphatic carbocycles. The van der Waals surface area contributed by atoms with Gasteiger partial charge in [-0.2, -0.15) is 0 Å². The summed E-state index contributed by atoms with van der Waals surface area (Å²) in [6.45, 7) is 2.32. The van der Waals surface area contributed by atoms with Crippen LogP contribution in [0.2, 0.25) is 0 Å². The van der Waals surface area contributed by atoms with Gasteiger partial charge in [0.2, 0.25) is 5.91 Å². The number of aliphatic carboxylic acids is 1. The second kappa shape index (κ2) is 10.7. The molecule has 37 heavy (non-hydrogen) atoms. The molecule has 2 heterocycles. The number of hydrogen-bond donors (Lipinski definition) is 2. The monoisotopic (exact) mass is 499 g/mol. The summed E-state index contributed by atoms with van der Waals surface area (Å²) in [6.07, 6.45) is 0.438. The molecule has 2 aliphatic rings. The predicted molar refractivity (Wildman–Crippen MR) is 142 cm³/mol. The summed E-state index contributed by atoms with van der Waals surface area (Å²) >= 11 is 0. The van der Waals surface area contributed by atoms with Gasteiger partial charge >= 0.3 is 5.97 Å². The van der Waals surface area contributed by atoms with Crippen molar-refractivity contribution in [1.82, 2.24) is 9.80 Å². The fraction of sp³-hybridized carbons (Fsp3) is 0.333. The van der Waals surface area contributed by atoms with E-state index in [1.807, 2.05) is 97.9 Å². The molecule has 0 saturated carbocycles. The van der Waals surface area contributed by atoms with Crippen molar-refractivity contribution in [3.8, 4) is 0 Å². The Morgan fingerprint density at radius 2 is 1.43 bits per heavy atom. The van der Waals surface area contributed by atoms with Gasteiger partial charge in [0.1, 0.15) is 6.04 Å². The number of fused-ring (bicyclic) bond motifs is 2. The molecule has 0 spiro atoms. The van der Waals surface area contributed by atoms with E-state index in [9.17, 15) is 19.8 Å². The van der Waals surface area contributed by atoms with E-state index in [0.29, 0.717) is 12.8 Å². The van der Waals surface area contributed by atoms with Gasteiger partial charge in [0, 0.05) is 30.4 Å². The molecular weight excluding hydrogens is 466 g/mol. The zero-order valence-electron chi connectivity index (χ0n) is 20.9. The molecule has 7 heteroatoms. The minimum atomic E-state index is -1.21. The van der Waals surface area contributed by atoms with Gasteiger partial charge < -0.3 is 20.0 Å². The summed E-state index contributed by atoms with van der Waals surface area (Å²) in [6, 6.07) is 27.2. The van der Waals surface area contributed by atoms with Crippen LogP contribution < -0.4 is 4.90 Å². The Morgan fingerprint density at radius 1 is 0.892 bits per heavy atom. The normalized spacial score (nSPS) is 22.9. The fourth-order valence-electron chi connectivity index (χ4n) is 5.92. The van der Waals surface area contributed by atoms with E-state index < -0.39 is 24.4 Å². The first-order valence-electron chi connectivity index (χ1n) is 12.9. The molecule has 192 valence electrons. The molecule has 7 nitrogen and oxygen atoms in total. The summed E-state index contributed by atoms with van der Waals surface area (Å²) in [4.78, 5) is 31.4. The maximum atomic E-state index is 13.5. The molecule has 0 radical (unpaired) electrons. The number of carbonyl (C=O) groups is 2. The van der Waals surface area contributed by atoms with Gasteiger partial charge in [-0.05, 0) is 48.6 Å². The van der Waals surface area contributed by atoms with Crippen molar-refractivity contribution in [2.24, 2.45) is 0 Å². The Hall–Kier alpha value is -3.68. The van der Waals surface area contributed by atoms with Crippen LogP contribution in [0.25, 0.3) is 0 Å². The fourth-order valence-corrected chi connectivity index (χ4v) is 5.92. The van der Waals surface area contributed by atoms with Crippen LogP contribution in [0.4, 0.5) is 11.4 Å². The number of nitrogens with zero attached hydrogens (tertiary/aromatic N) is 3. The van der Waals surface area contributed by atoms with E-state index in [0.717, 1.165) is 23.4 Å². The minimum absolute atomic E-state index is 0.0211. The van der Waals surface area contributed by atoms with Gasteiger partial charge in [-0.3, -0.25) is 9.59 Å². The van der Waals surface area contributed by atoms with Crippen LogP contribution in [-0.4, -0.2) is 62.9 Å². The molecule has 2 unspecified atom stereocenters. The maximum Gasteiger partial charge on any atom is 0.323 e. The molecule has 5 rings (SSSR count). The van der Waals surface area contributed by atoms with Crippen LogP contribution in [0.15, 0.2) is 91.0 Å². The molecule has 2 fully saturated rings. The van der Waals surface area contributed by atoms with E-state index >= 15 is 0 Å². The number of para-hydroxylation sites is 2. The number of piperazine rings is 1. The van der Waals surface area contributed by atoms with Crippen LogP contribution >= 0.6 is 0 Å². The number of carboxylic acids is 1. The number of amides is 1. The highest BCUT2D eigenvalue weighted by atomic mass is 16.4. The summed E-state index contributed by atoms with van der Waals surface area (Å²) in [5.41, 5.74) is 2.61. The van der Waals surface area contributed by atoms with E-state index in [1.165, 1.54) is 0 Å². The van der Waals surface area contributed by atoms with Gasteiger partial charge in [-0.15, -0.1) is 0 Å². The van der Waals surface area contributed by atoms with Crippen LogP contribution in [0.1, 0.15) is 37.7 Å². The smallest absolute Gasteiger partial charge is 0.323 e. The average molecular weight is 500 g/mol. The van der Waals surface area contributed by atoms with E-state index in [4.69, 9.17) is 0 Å². The number of carbonyl (C=O) groups excluding carboxylic acids is 1. The molecule has 2 aliphatic heterocycles. The lowest BCUT2D eigenvalue weighted by molar-refractivity contribution is -0.163. The number of carboxylic acid groups (broad SMARTS) is 1. The number of anilines is 2. The first kappa shape index (κ1) is 25.0. The third kappa shape index (κ3) is 4.97. The molecule has 2 bridgehead atoms. The first-order chi connectivity index (χ1) is 18.0. The summed E-state index contributed by atoms with van der Waals surface area (Å²) in [7, 11) is 0. The molecule has 3 aromatic rings. The Bertz CT molecular complexity index is 1170. The summed E-state index contributed by atoms with van der Waals surface area (Å²) in [5, 5.41) is 22.1. The molecule has 3 aromatic carbocycles. The van der Waals surface area contributed by atoms with Crippen molar-refractivity contribution in [3.63, 3.8) is 0 Å². The zero-order valence-corrected chi connectivity index (χ0v) is 20.9. The average Bonchev–Trinajstić information content (AvgIpc) is 3.23. The van der Waals surface area contributed by atoms with Crippen molar-refractivity contribution < 1.29 is 19.8 Å². The highest BCUT2D eigenvalue weighted by Gasteiger charge is 2.53. The zero-order chi connectivity index (χ0) is 25.9. The molecule has 2 saturated heterocycles.